The van der Waals surface area contributed by atoms with E-state index in [1.807, 2.05) is 30.3 Å². The van der Waals surface area contributed by atoms with Crippen LogP contribution in [-0.2, 0) is 6.54 Å². The van der Waals surface area contributed by atoms with Gasteiger partial charge in [0, 0.05) is 13.1 Å². The Balaban J connectivity index is 1.89. The third kappa shape index (κ3) is 6.81. The van der Waals surface area contributed by atoms with Gasteiger partial charge in [0.15, 0.2) is 5.96 Å². The van der Waals surface area contributed by atoms with E-state index in [9.17, 15) is 0 Å². The van der Waals surface area contributed by atoms with Crippen LogP contribution in [0, 0.1) is 5.92 Å². The number of methoxy groups -OCH3 is 1. The van der Waals surface area contributed by atoms with Crippen molar-refractivity contribution >= 4 is 5.96 Å². The summed E-state index contributed by atoms with van der Waals surface area (Å²) in [5, 5.41) is 6.67. The molecule has 0 aliphatic rings. The van der Waals surface area contributed by atoms with Gasteiger partial charge in [0.2, 0.25) is 5.88 Å². The molecule has 2 N–H and O–H groups in total. The van der Waals surface area contributed by atoms with E-state index in [0.29, 0.717) is 24.3 Å². The molecule has 0 amide bonds. The normalized spacial score (nSPS) is 12.6. The van der Waals surface area contributed by atoms with Crippen molar-refractivity contribution in [2.75, 3.05) is 20.8 Å². The Morgan fingerprint density at radius 1 is 1.11 bits per heavy atom. The highest BCUT2D eigenvalue weighted by Gasteiger charge is 2.09. The summed E-state index contributed by atoms with van der Waals surface area (Å²) >= 11 is 0. The molecule has 0 bridgehead atoms. The van der Waals surface area contributed by atoms with Crippen molar-refractivity contribution in [2.45, 2.75) is 33.4 Å². The summed E-state index contributed by atoms with van der Waals surface area (Å²) in [6, 6.07) is 14.0. The van der Waals surface area contributed by atoms with E-state index in [1.54, 1.807) is 14.2 Å². The zero-order valence-corrected chi connectivity index (χ0v) is 16.8. The lowest BCUT2D eigenvalue weighted by Gasteiger charge is -2.19. The second-order valence-corrected chi connectivity index (χ2v) is 6.74. The van der Waals surface area contributed by atoms with Crippen molar-refractivity contribution in [3.63, 3.8) is 0 Å². The maximum absolute atomic E-state index is 5.74. The number of aromatic nitrogens is 1. The van der Waals surface area contributed by atoms with Crippen LogP contribution < -0.4 is 20.1 Å². The van der Waals surface area contributed by atoms with Gasteiger partial charge in [-0.3, -0.25) is 4.99 Å². The second kappa shape index (κ2) is 10.4. The topological polar surface area (TPSA) is 67.8 Å². The number of guanidine groups is 1. The fraction of sp³-hybridized carbons (Fsp3) is 0.429. The van der Waals surface area contributed by atoms with Gasteiger partial charge in [-0.1, -0.05) is 32.0 Å². The van der Waals surface area contributed by atoms with E-state index < -0.39 is 0 Å². The maximum atomic E-state index is 5.74. The predicted octanol–water partition coefficient (Wildman–Crippen LogP) is 3.55. The number of aliphatic imine (C=N–C) groups is 1. The Hall–Kier alpha value is -2.76. The lowest BCUT2D eigenvalue weighted by Crippen LogP contribution is -2.38. The van der Waals surface area contributed by atoms with Gasteiger partial charge in [-0.25, -0.2) is 4.98 Å². The van der Waals surface area contributed by atoms with E-state index in [2.05, 4.69) is 53.5 Å². The molecule has 0 aliphatic carbocycles. The minimum absolute atomic E-state index is 0.105. The average molecular weight is 370 g/mol. The van der Waals surface area contributed by atoms with Crippen LogP contribution in [0.15, 0.2) is 47.5 Å². The van der Waals surface area contributed by atoms with Crippen LogP contribution in [0.5, 0.6) is 11.6 Å². The van der Waals surface area contributed by atoms with E-state index in [0.717, 1.165) is 23.6 Å². The molecule has 1 atom stereocenters. The van der Waals surface area contributed by atoms with Crippen molar-refractivity contribution in [3.8, 4) is 11.6 Å². The molecule has 1 aromatic heterocycles. The molecule has 6 nitrogen and oxygen atoms in total. The van der Waals surface area contributed by atoms with Crippen LogP contribution in [0.2, 0.25) is 0 Å². The summed E-state index contributed by atoms with van der Waals surface area (Å²) in [6.45, 7) is 7.66. The Morgan fingerprint density at radius 2 is 1.85 bits per heavy atom. The molecule has 0 saturated carbocycles. The van der Waals surface area contributed by atoms with Crippen molar-refractivity contribution in [1.29, 1.82) is 0 Å². The highest BCUT2D eigenvalue weighted by atomic mass is 16.5. The van der Waals surface area contributed by atoms with Gasteiger partial charge in [-0.2, -0.15) is 0 Å². The SMILES string of the molecule is CN=C(NCc1cccc(OC)n1)NC(C)c1ccc(OCC(C)C)cc1. The third-order valence-electron chi connectivity index (χ3n) is 3.97. The average Bonchev–Trinajstić information content (AvgIpc) is 2.69. The third-order valence-corrected chi connectivity index (χ3v) is 3.97. The Morgan fingerprint density at radius 3 is 2.48 bits per heavy atom. The summed E-state index contributed by atoms with van der Waals surface area (Å²) < 4.78 is 10.9. The van der Waals surface area contributed by atoms with E-state index in [1.165, 1.54) is 0 Å². The Labute approximate surface area is 162 Å². The van der Waals surface area contributed by atoms with Crippen molar-refractivity contribution in [1.82, 2.24) is 15.6 Å². The molecule has 1 aromatic carbocycles. The molecular weight excluding hydrogens is 340 g/mol. The van der Waals surface area contributed by atoms with Crippen molar-refractivity contribution < 1.29 is 9.47 Å². The molecular formula is C21H30N4O2. The lowest BCUT2D eigenvalue weighted by atomic mass is 10.1. The standard InChI is InChI=1S/C21H30N4O2/c1-15(2)14-27-19-11-9-17(10-12-19)16(3)24-21(22-4)23-13-18-7-6-8-20(25-18)26-5/h6-12,15-16H,13-14H2,1-5H3,(H2,22,23,24). The predicted molar refractivity (Wildman–Crippen MR) is 109 cm³/mol. The molecule has 146 valence electrons. The molecule has 1 heterocycles. The van der Waals surface area contributed by atoms with Gasteiger partial charge >= 0.3 is 0 Å². The first kappa shape index (κ1) is 20.6. The van der Waals surface area contributed by atoms with Crippen molar-refractivity contribution in [2.24, 2.45) is 10.9 Å². The summed E-state index contributed by atoms with van der Waals surface area (Å²) in [7, 11) is 3.37. The molecule has 6 heteroatoms. The van der Waals surface area contributed by atoms with Crippen LogP contribution in [0.4, 0.5) is 0 Å². The molecule has 0 fully saturated rings. The number of ether oxygens (including phenoxy) is 2. The summed E-state index contributed by atoms with van der Waals surface area (Å²) in [4.78, 5) is 8.68. The summed E-state index contributed by atoms with van der Waals surface area (Å²) in [5.41, 5.74) is 2.05. The molecule has 2 aromatic rings. The first-order valence-electron chi connectivity index (χ1n) is 9.21. The summed E-state index contributed by atoms with van der Waals surface area (Å²) in [5.74, 6) is 2.72. The zero-order chi connectivity index (χ0) is 19.6. The first-order valence-corrected chi connectivity index (χ1v) is 9.21. The highest BCUT2D eigenvalue weighted by molar-refractivity contribution is 5.80. The van der Waals surface area contributed by atoms with Crippen LogP contribution in [0.3, 0.4) is 0 Å². The lowest BCUT2D eigenvalue weighted by molar-refractivity contribution is 0.271. The molecule has 0 saturated heterocycles. The zero-order valence-electron chi connectivity index (χ0n) is 16.8. The van der Waals surface area contributed by atoms with Gasteiger partial charge in [0.25, 0.3) is 0 Å². The number of nitrogens with one attached hydrogen (secondary N) is 2. The molecule has 27 heavy (non-hydrogen) atoms. The first-order chi connectivity index (χ1) is 13.0. The van der Waals surface area contributed by atoms with E-state index in [4.69, 9.17) is 9.47 Å². The van der Waals surface area contributed by atoms with Gasteiger partial charge < -0.3 is 20.1 Å². The molecule has 1 unspecified atom stereocenters. The van der Waals surface area contributed by atoms with E-state index >= 15 is 0 Å². The maximum Gasteiger partial charge on any atom is 0.213 e. The molecule has 0 aliphatic heterocycles. The fourth-order valence-corrected chi connectivity index (χ4v) is 2.44. The number of nitrogens with zero attached hydrogens (tertiary/aromatic N) is 2. The monoisotopic (exact) mass is 370 g/mol. The minimum atomic E-state index is 0.105. The van der Waals surface area contributed by atoms with Gasteiger partial charge in [0.1, 0.15) is 5.75 Å². The van der Waals surface area contributed by atoms with Gasteiger partial charge in [0.05, 0.1) is 32.0 Å². The van der Waals surface area contributed by atoms with Gasteiger partial charge in [-0.05, 0) is 36.6 Å². The van der Waals surface area contributed by atoms with Crippen molar-refractivity contribution in [3.05, 3.63) is 53.7 Å². The summed E-state index contributed by atoms with van der Waals surface area (Å²) in [6.07, 6.45) is 0. The van der Waals surface area contributed by atoms with E-state index in [-0.39, 0.29) is 6.04 Å². The van der Waals surface area contributed by atoms with Crippen LogP contribution in [-0.4, -0.2) is 31.7 Å². The minimum Gasteiger partial charge on any atom is -0.493 e. The number of rotatable bonds is 8. The molecule has 2 rings (SSSR count). The number of benzene rings is 1. The Bertz CT molecular complexity index is 729. The van der Waals surface area contributed by atoms with Gasteiger partial charge in [-0.15, -0.1) is 0 Å². The Kier molecular flexibility index (Phi) is 7.92. The van der Waals surface area contributed by atoms with Crippen LogP contribution >= 0.6 is 0 Å². The second-order valence-electron chi connectivity index (χ2n) is 6.74. The number of pyridine rings is 1. The van der Waals surface area contributed by atoms with Crippen LogP contribution in [0.25, 0.3) is 0 Å². The largest absolute Gasteiger partial charge is 0.493 e. The fourth-order valence-electron chi connectivity index (χ4n) is 2.44. The molecule has 0 spiro atoms. The number of hydrogen-bond acceptors (Lipinski definition) is 4. The molecule has 0 radical (unpaired) electrons. The van der Waals surface area contributed by atoms with Crippen LogP contribution in [0.1, 0.15) is 38.1 Å². The highest BCUT2D eigenvalue weighted by Crippen LogP contribution is 2.18. The number of hydrogen-bond donors (Lipinski definition) is 2. The quantitative estimate of drug-likeness (QED) is 0.549. The smallest absolute Gasteiger partial charge is 0.213 e.